The van der Waals surface area contributed by atoms with Crippen molar-refractivity contribution in [1.82, 2.24) is 19.1 Å². The van der Waals surface area contributed by atoms with Crippen LogP contribution in [-0.4, -0.2) is 19.1 Å². The van der Waals surface area contributed by atoms with E-state index < -0.39 is 11.8 Å². The molecule has 0 atom stereocenters. The Balaban J connectivity index is 0.00000484. The van der Waals surface area contributed by atoms with Gasteiger partial charge in [0, 0.05) is 49.0 Å². The normalized spacial score (nSPS) is 12.7. The van der Waals surface area contributed by atoms with Gasteiger partial charge < -0.3 is 18.9 Å². The molecule has 0 aliphatic rings. The second-order valence-electron chi connectivity index (χ2n) is 15.7. The Morgan fingerprint density at radius 2 is 1.28 bits per heavy atom. The number of benzene rings is 5. The third kappa shape index (κ3) is 6.76. The molecule has 0 saturated heterocycles. The van der Waals surface area contributed by atoms with E-state index in [9.17, 15) is 2.74 Å². The molecule has 286 valence electrons. The van der Waals surface area contributed by atoms with Gasteiger partial charge >= 0.3 is 21.1 Å². The van der Waals surface area contributed by atoms with Crippen molar-refractivity contribution in [3.8, 4) is 34.3 Å². The fourth-order valence-corrected chi connectivity index (χ4v) is 8.15. The van der Waals surface area contributed by atoms with E-state index >= 15 is 0 Å². The summed E-state index contributed by atoms with van der Waals surface area (Å²) in [6.07, 6.45) is 3.70. The van der Waals surface area contributed by atoms with E-state index in [1.165, 1.54) is 5.56 Å². The van der Waals surface area contributed by atoms with Crippen molar-refractivity contribution in [2.45, 2.75) is 73.1 Å². The maximum Gasteiger partial charge on any atom is 2.00 e. The molecule has 0 saturated carbocycles. The fraction of sp³-hybridized carbons (Fsp3) is 0.216. The number of fused-ring (bicyclic) bond motifs is 6. The standard InChI is InChI=1S/C51H46N4O.Pt/c1-30(2)35-18-20-52-46(27-35)36-12-11-13-38(26-36)56-39-16-17-41-40-14-9-10-15-47(40)55(48(41)29-39)49-28-37(19-21-53-49)54-50-42(31(3)4)22-33(7)24-44(50)45-25-34(8)23-43(32(5)6)51(45)54;/h9-25,27-28,30-32H,1-8H3;/q-2;+2/i31D,32D;. The van der Waals surface area contributed by atoms with Gasteiger partial charge in [-0.1, -0.05) is 106 Å². The van der Waals surface area contributed by atoms with E-state index in [1.807, 2.05) is 76.5 Å². The average molecular weight is 928 g/mol. The number of para-hydroxylation sites is 1. The van der Waals surface area contributed by atoms with Crippen LogP contribution in [0, 0.1) is 26.0 Å². The first-order valence-electron chi connectivity index (χ1n) is 20.3. The molecular weight excluding hydrogens is 880 g/mol. The first-order chi connectivity index (χ1) is 27.7. The minimum absolute atomic E-state index is 0. The van der Waals surface area contributed by atoms with Crippen molar-refractivity contribution in [2.24, 2.45) is 0 Å². The largest absolute Gasteiger partial charge is 2.00 e. The predicted octanol–water partition coefficient (Wildman–Crippen LogP) is 13.7. The zero-order chi connectivity index (χ0) is 40.7. The van der Waals surface area contributed by atoms with Crippen molar-refractivity contribution in [3.63, 3.8) is 0 Å². The van der Waals surface area contributed by atoms with E-state index in [-0.39, 0.29) is 21.1 Å². The van der Waals surface area contributed by atoms with E-state index in [2.05, 4.69) is 121 Å². The second-order valence-corrected chi connectivity index (χ2v) is 15.7. The quantitative estimate of drug-likeness (QED) is 0.143. The summed E-state index contributed by atoms with van der Waals surface area (Å²) in [4.78, 5) is 9.63. The van der Waals surface area contributed by atoms with E-state index in [1.54, 1.807) is 0 Å². The van der Waals surface area contributed by atoms with Gasteiger partial charge in [-0.25, -0.2) is 4.98 Å². The Kier molecular flexibility index (Phi) is 9.50. The zero-order valence-electron chi connectivity index (χ0n) is 35.6. The molecule has 5 aromatic carbocycles. The molecule has 0 aliphatic carbocycles. The molecule has 0 radical (unpaired) electrons. The van der Waals surface area contributed by atoms with E-state index in [4.69, 9.17) is 9.72 Å². The van der Waals surface area contributed by atoms with Crippen molar-refractivity contribution in [2.75, 3.05) is 0 Å². The molecule has 4 heterocycles. The van der Waals surface area contributed by atoms with Crippen LogP contribution in [-0.2, 0) is 21.1 Å². The molecule has 0 aliphatic heterocycles. The molecule has 6 heteroatoms. The molecular formula is C51H46N4OPt. The van der Waals surface area contributed by atoms with Crippen molar-refractivity contribution >= 4 is 43.6 Å². The fourth-order valence-electron chi connectivity index (χ4n) is 8.15. The maximum absolute atomic E-state index is 9.33. The van der Waals surface area contributed by atoms with Crippen LogP contribution in [0.25, 0.3) is 66.4 Å². The number of ether oxygens (including phenoxy) is 1. The third-order valence-electron chi connectivity index (χ3n) is 10.8. The van der Waals surface area contributed by atoms with Crippen LogP contribution in [0.4, 0.5) is 0 Å². The van der Waals surface area contributed by atoms with Gasteiger partial charge in [-0.15, -0.1) is 41.3 Å². The zero-order valence-corrected chi connectivity index (χ0v) is 35.8. The van der Waals surface area contributed by atoms with Crippen LogP contribution in [0.15, 0.2) is 116 Å². The van der Waals surface area contributed by atoms with E-state index in [0.717, 1.165) is 82.8 Å². The number of pyridine rings is 2. The Labute approximate surface area is 352 Å². The van der Waals surface area contributed by atoms with Gasteiger partial charge in [0.05, 0.1) is 16.7 Å². The van der Waals surface area contributed by atoms with Crippen molar-refractivity contribution in [1.29, 1.82) is 0 Å². The molecule has 57 heavy (non-hydrogen) atoms. The minimum atomic E-state index is -0.887. The first-order valence-corrected chi connectivity index (χ1v) is 19.3. The van der Waals surface area contributed by atoms with Gasteiger partial charge in [0.15, 0.2) is 0 Å². The molecule has 0 bridgehead atoms. The second kappa shape index (κ2) is 15.1. The number of hydrogen-bond donors (Lipinski definition) is 0. The minimum Gasteiger partial charge on any atom is -0.503 e. The Morgan fingerprint density at radius 3 is 1.96 bits per heavy atom. The molecule has 9 aromatic rings. The number of nitrogens with zero attached hydrogens (tertiary/aromatic N) is 4. The summed E-state index contributed by atoms with van der Waals surface area (Å²) < 4.78 is 29.6. The number of rotatable bonds is 8. The molecule has 0 amide bonds. The smallest absolute Gasteiger partial charge is 0.503 e. The van der Waals surface area contributed by atoms with Crippen molar-refractivity contribution in [3.05, 3.63) is 155 Å². The predicted molar refractivity (Wildman–Crippen MR) is 232 cm³/mol. The summed E-state index contributed by atoms with van der Waals surface area (Å²) in [5.74, 6) is 0.465. The first kappa shape index (κ1) is 35.9. The number of aryl methyl sites for hydroxylation is 2. The van der Waals surface area contributed by atoms with Crippen molar-refractivity contribution < 1.29 is 28.5 Å². The average Bonchev–Trinajstić information content (AvgIpc) is 3.69. The number of hydrogen-bond acceptors (Lipinski definition) is 3. The SMILES string of the molecule is [2H]C(C)(C)c1cc(C)cc2c3cc(C)cc(C([2H])(C)C)c3n(-c3ccnc(-n4c5[c-]c(Oc6[c-]c(-c7cc(C(C)C)ccn7)ccc6)ccc5c5ccccc54)c3)c12.[Pt+2]. The Morgan fingerprint density at radius 1 is 0.614 bits per heavy atom. The summed E-state index contributed by atoms with van der Waals surface area (Å²) in [5, 5.41) is 4.27. The van der Waals surface area contributed by atoms with Gasteiger partial charge in [-0.05, 0) is 84.1 Å². The maximum atomic E-state index is 9.33. The van der Waals surface area contributed by atoms with E-state index in [0.29, 0.717) is 23.2 Å². The van der Waals surface area contributed by atoms with Crippen LogP contribution in [0.5, 0.6) is 11.5 Å². The van der Waals surface area contributed by atoms with Gasteiger partial charge in [-0.2, -0.15) is 6.07 Å². The van der Waals surface area contributed by atoms with Gasteiger partial charge in [0.1, 0.15) is 5.82 Å². The summed E-state index contributed by atoms with van der Waals surface area (Å²) in [6, 6.07) is 42.3. The Bertz CT molecular complexity index is 3000. The van der Waals surface area contributed by atoms with Crippen LogP contribution >= 0.6 is 0 Å². The molecule has 0 fully saturated rings. The van der Waals surface area contributed by atoms with Crippen LogP contribution in [0.3, 0.4) is 0 Å². The monoisotopic (exact) mass is 927 g/mol. The molecule has 0 N–H and O–H groups in total. The van der Waals surface area contributed by atoms with Crippen LogP contribution in [0.1, 0.15) is 89.8 Å². The third-order valence-corrected chi connectivity index (χ3v) is 10.8. The molecule has 0 spiro atoms. The summed E-state index contributed by atoms with van der Waals surface area (Å²) in [7, 11) is 0. The molecule has 5 nitrogen and oxygen atoms in total. The number of aromatic nitrogens is 4. The van der Waals surface area contributed by atoms with Crippen LogP contribution in [0.2, 0.25) is 0 Å². The summed E-state index contributed by atoms with van der Waals surface area (Å²) in [6.45, 7) is 16.3. The van der Waals surface area contributed by atoms with Gasteiger partial charge in [-0.3, -0.25) is 0 Å². The molecule has 0 unspecified atom stereocenters. The summed E-state index contributed by atoms with van der Waals surface area (Å²) >= 11 is 0. The Hall–Kier alpha value is -5.51. The molecule has 9 rings (SSSR count). The van der Waals surface area contributed by atoms with Gasteiger partial charge in [0.25, 0.3) is 0 Å². The van der Waals surface area contributed by atoms with Gasteiger partial charge in [0.2, 0.25) is 0 Å². The summed E-state index contributed by atoms with van der Waals surface area (Å²) in [5.41, 5.74) is 11.7. The topological polar surface area (TPSA) is 44.9 Å². The van der Waals surface area contributed by atoms with Crippen LogP contribution < -0.4 is 4.74 Å². The molecule has 4 aromatic heterocycles.